The van der Waals surface area contributed by atoms with Crippen molar-refractivity contribution in [3.63, 3.8) is 0 Å². The fraction of sp³-hybridized carbons (Fsp3) is 0.182. The Morgan fingerprint density at radius 1 is 1.31 bits per heavy atom. The Morgan fingerprint density at radius 3 is 2.88 bits per heavy atom. The van der Waals surface area contributed by atoms with Gasteiger partial charge in [0.05, 0.1) is 0 Å². The SMILES string of the molecule is NCCNc1ncc(Br)c2ccc(N)cc12. The number of benzene rings is 1. The Bertz CT molecular complexity index is 513. The maximum absolute atomic E-state index is 5.78. The second-order valence-electron chi connectivity index (χ2n) is 3.48. The largest absolute Gasteiger partial charge is 0.399 e. The highest BCUT2D eigenvalue weighted by Gasteiger charge is 2.05. The van der Waals surface area contributed by atoms with Crippen LogP contribution in [0, 0.1) is 0 Å². The topological polar surface area (TPSA) is 77.0 Å². The number of rotatable bonds is 3. The molecule has 16 heavy (non-hydrogen) atoms. The summed E-state index contributed by atoms with van der Waals surface area (Å²) in [4.78, 5) is 4.32. The molecule has 0 bridgehead atoms. The first-order valence-electron chi connectivity index (χ1n) is 5.00. The number of nitrogens with two attached hydrogens (primary N) is 2. The number of fused-ring (bicyclic) bond motifs is 1. The zero-order valence-electron chi connectivity index (χ0n) is 8.70. The van der Waals surface area contributed by atoms with E-state index in [0.29, 0.717) is 13.1 Å². The minimum Gasteiger partial charge on any atom is -0.399 e. The van der Waals surface area contributed by atoms with Crippen molar-refractivity contribution >= 4 is 38.2 Å². The van der Waals surface area contributed by atoms with E-state index in [1.54, 1.807) is 6.20 Å². The molecule has 0 aliphatic rings. The molecule has 0 atom stereocenters. The van der Waals surface area contributed by atoms with Crippen LogP contribution in [0.4, 0.5) is 11.5 Å². The summed E-state index contributed by atoms with van der Waals surface area (Å²) < 4.78 is 0.959. The lowest BCUT2D eigenvalue weighted by Gasteiger charge is -2.09. The number of hydrogen-bond acceptors (Lipinski definition) is 4. The van der Waals surface area contributed by atoms with Crippen LogP contribution in [0.1, 0.15) is 0 Å². The van der Waals surface area contributed by atoms with Crippen LogP contribution >= 0.6 is 15.9 Å². The molecule has 0 saturated carbocycles. The standard InChI is InChI=1S/C11H13BrN4/c12-10-6-16-11(15-4-3-13)9-5-7(14)1-2-8(9)10/h1-2,5-6H,3-4,13-14H2,(H,15,16). The normalized spacial score (nSPS) is 10.6. The van der Waals surface area contributed by atoms with Crippen LogP contribution in [0.25, 0.3) is 10.8 Å². The number of hydrogen-bond donors (Lipinski definition) is 3. The monoisotopic (exact) mass is 280 g/mol. The van der Waals surface area contributed by atoms with Gasteiger partial charge in [-0.1, -0.05) is 6.07 Å². The van der Waals surface area contributed by atoms with Gasteiger partial charge in [-0.2, -0.15) is 0 Å². The molecule has 0 saturated heterocycles. The molecule has 4 nitrogen and oxygen atoms in total. The molecule has 0 aliphatic heterocycles. The van der Waals surface area contributed by atoms with Crippen molar-refractivity contribution in [3.8, 4) is 0 Å². The third kappa shape index (κ3) is 2.10. The van der Waals surface area contributed by atoms with Gasteiger partial charge in [-0.25, -0.2) is 4.98 Å². The Balaban J connectivity index is 2.56. The number of aromatic nitrogens is 1. The predicted molar refractivity (Wildman–Crippen MR) is 71.4 cm³/mol. The summed E-state index contributed by atoms with van der Waals surface area (Å²) >= 11 is 3.47. The van der Waals surface area contributed by atoms with Crippen molar-refractivity contribution in [2.45, 2.75) is 0 Å². The van der Waals surface area contributed by atoms with Gasteiger partial charge < -0.3 is 16.8 Å². The molecule has 1 heterocycles. The van der Waals surface area contributed by atoms with Crippen LogP contribution in [0.2, 0.25) is 0 Å². The average molecular weight is 281 g/mol. The van der Waals surface area contributed by atoms with Crippen molar-refractivity contribution in [1.82, 2.24) is 4.98 Å². The molecule has 0 amide bonds. The summed E-state index contributed by atoms with van der Waals surface area (Å²) in [6.07, 6.45) is 1.78. The van der Waals surface area contributed by atoms with Crippen molar-refractivity contribution in [2.75, 3.05) is 24.1 Å². The number of halogens is 1. The number of anilines is 2. The molecular weight excluding hydrogens is 268 g/mol. The third-order valence-electron chi connectivity index (χ3n) is 2.30. The molecule has 2 aromatic rings. The lowest BCUT2D eigenvalue weighted by molar-refractivity contribution is 1.01. The summed E-state index contributed by atoms with van der Waals surface area (Å²) in [5.74, 6) is 0.816. The van der Waals surface area contributed by atoms with E-state index in [-0.39, 0.29) is 0 Å². The quantitative estimate of drug-likeness (QED) is 0.751. The van der Waals surface area contributed by atoms with Crippen LogP contribution in [-0.2, 0) is 0 Å². The van der Waals surface area contributed by atoms with Gasteiger partial charge in [0.2, 0.25) is 0 Å². The van der Waals surface area contributed by atoms with E-state index in [0.717, 1.165) is 26.8 Å². The van der Waals surface area contributed by atoms with E-state index in [1.165, 1.54) is 0 Å². The predicted octanol–water partition coefficient (Wildman–Crippen LogP) is 1.95. The third-order valence-corrected chi connectivity index (χ3v) is 2.93. The van der Waals surface area contributed by atoms with Crippen LogP contribution in [-0.4, -0.2) is 18.1 Å². The highest BCUT2D eigenvalue weighted by molar-refractivity contribution is 9.10. The van der Waals surface area contributed by atoms with Crippen molar-refractivity contribution in [1.29, 1.82) is 0 Å². The summed E-state index contributed by atoms with van der Waals surface area (Å²) in [5, 5.41) is 5.27. The van der Waals surface area contributed by atoms with Crippen molar-refractivity contribution in [2.24, 2.45) is 5.73 Å². The molecule has 0 unspecified atom stereocenters. The first-order chi connectivity index (χ1) is 7.72. The number of nitrogens with zero attached hydrogens (tertiary/aromatic N) is 1. The molecule has 0 aliphatic carbocycles. The van der Waals surface area contributed by atoms with Crippen molar-refractivity contribution < 1.29 is 0 Å². The Hall–Kier alpha value is -1.33. The molecule has 5 heteroatoms. The molecule has 5 N–H and O–H groups in total. The van der Waals surface area contributed by atoms with E-state index >= 15 is 0 Å². The van der Waals surface area contributed by atoms with Crippen LogP contribution < -0.4 is 16.8 Å². The fourth-order valence-electron chi connectivity index (χ4n) is 1.56. The Morgan fingerprint density at radius 2 is 2.12 bits per heavy atom. The van der Waals surface area contributed by atoms with Gasteiger partial charge in [-0.05, 0) is 28.1 Å². The number of pyridine rings is 1. The molecular formula is C11H13BrN4. The summed E-state index contributed by atoms with van der Waals surface area (Å²) in [7, 11) is 0. The maximum atomic E-state index is 5.78. The van der Waals surface area contributed by atoms with E-state index in [1.807, 2.05) is 18.2 Å². The second-order valence-corrected chi connectivity index (χ2v) is 4.33. The highest BCUT2D eigenvalue weighted by Crippen LogP contribution is 2.29. The number of nitrogen functional groups attached to an aromatic ring is 1. The summed E-state index contributed by atoms with van der Waals surface area (Å²) in [6, 6.07) is 5.76. The molecule has 2 rings (SSSR count). The summed E-state index contributed by atoms with van der Waals surface area (Å²) in [6.45, 7) is 1.26. The van der Waals surface area contributed by atoms with E-state index in [2.05, 4.69) is 26.2 Å². The van der Waals surface area contributed by atoms with Gasteiger partial charge in [-0.3, -0.25) is 0 Å². The molecule has 1 aromatic heterocycles. The lowest BCUT2D eigenvalue weighted by atomic mass is 10.1. The zero-order chi connectivity index (χ0) is 11.5. The van der Waals surface area contributed by atoms with Gasteiger partial charge in [0, 0.05) is 40.2 Å². The van der Waals surface area contributed by atoms with Gasteiger partial charge in [-0.15, -0.1) is 0 Å². The minimum atomic E-state index is 0.571. The van der Waals surface area contributed by atoms with Gasteiger partial charge in [0.15, 0.2) is 0 Å². The molecule has 0 radical (unpaired) electrons. The molecule has 0 fully saturated rings. The summed E-state index contributed by atoms with van der Waals surface area (Å²) in [5.41, 5.74) is 12.0. The zero-order valence-corrected chi connectivity index (χ0v) is 10.3. The maximum Gasteiger partial charge on any atom is 0.134 e. The molecule has 84 valence electrons. The second kappa shape index (κ2) is 4.67. The minimum absolute atomic E-state index is 0.571. The van der Waals surface area contributed by atoms with Gasteiger partial charge in [0.1, 0.15) is 5.82 Å². The van der Waals surface area contributed by atoms with E-state index < -0.39 is 0 Å². The van der Waals surface area contributed by atoms with Gasteiger partial charge in [0.25, 0.3) is 0 Å². The van der Waals surface area contributed by atoms with Crippen LogP contribution in [0.3, 0.4) is 0 Å². The van der Waals surface area contributed by atoms with Gasteiger partial charge >= 0.3 is 0 Å². The highest BCUT2D eigenvalue weighted by atomic mass is 79.9. The van der Waals surface area contributed by atoms with E-state index in [4.69, 9.17) is 11.5 Å². The van der Waals surface area contributed by atoms with Crippen molar-refractivity contribution in [3.05, 3.63) is 28.9 Å². The molecule has 0 spiro atoms. The number of nitrogens with one attached hydrogen (secondary N) is 1. The Labute approximate surface area is 102 Å². The lowest BCUT2D eigenvalue weighted by Crippen LogP contribution is -2.14. The molecule has 1 aromatic carbocycles. The average Bonchev–Trinajstić information content (AvgIpc) is 2.28. The van der Waals surface area contributed by atoms with E-state index in [9.17, 15) is 0 Å². The van der Waals surface area contributed by atoms with Crippen LogP contribution in [0.15, 0.2) is 28.9 Å². The first kappa shape index (κ1) is 11.2. The van der Waals surface area contributed by atoms with Crippen LogP contribution in [0.5, 0.6) is 0 Å². The Kier molecular flexibility index (Phi) is 3.26. The first-order valence-corrected chi connectivity index (χ1v) is 5.79. The fourth-order valence-corrected chi connectivity index (χ4v) is 2.01. The smallest absolute Gasteiger partial charge is 0.134 e.